The van der Waals surface area contributed by atoms with Crippen LogP contribution < -0.4 is 4.72 Å². The Morgan fingerprint density at radius 2 is 1.87 bits per heavy atom. The third-order valence-electron chi connectivity index (χ3n) is 3.12. The molecule has 2 rings (SSSR count). The second-order valence-electron chi connectivity index (χ2n) is 5.11. The molecule has 0 aliphatic rings. The Hall–Kier alpha value is -1.76. The summed E-state index contributed by atoms with van der Waals surface area (Å²) in [6.45, 7) is 1.59. The van der Waals surface area contributed by atoms with E-state index in [0.717, 1.165) is 0 Å². The SMILES string of the molecule is C[C@H](CC(=O)c1ccc(F)cc1)NS(=O)(=O)c1cccc(Cl)c1. The van der Waals surface area contributed by atoms with Crippen molar-refractivity contribution in [3.63, 3.8) is 0 Å². The highest BCUT2D eigenvalue weighted by Gasteiger charge is 2.20. The Kier molecular flexibility index (Phi) is 5.51. The average Bonchev–Trinajstić information content (AvgIpc) is 2.47. The van der Waals surface area contributed by atoms with Crippen molar-refractivity contribution >= 4 is 27.4 Å². The fourth-order valence-corrected chi connectivity index (χ4v) is 3.58. The molecule has 0 aliphatic carbocycles. The molecule has 0 fully saturated rings. The second-order valence-corrected chi connectivity index (χ2v) is 7.26. The highest BCUT2D eigenvalue weighted by molar-refractivity contribution is 7.89. The molecule has 0 heterocycles. The smallest absolute Gasteiger partial charge is 0.240 e. The van der Waals surface area contributed by atoms with Crippen LogP contribution in [0.2, 0.25) is 5.02 Å². The molecule has 0 aromatic heterocycles. The van der Waals surface area contributed by atoms with Crippen LogP contribution in [0.15, 0.2) is 53.4 Å². The molecule has 0 saturated heterocycles. The number of carbonyl (C=O) groups excluding carboxylic acids is 1. The van der Waals surface area contributed by atoms with E-state index in [-0.39, 0.29) is 17.1 Å². The third-order valence-corrected chi connectivity index (χ3v) is 4.94. The first-order valence-electron chi connectivity index (χ1n) is 6.84. The van der Waals surface area contributed by atoms with Crippen molar-refractivity contribution in [1.29, 1.82) is 0 Å². The van der Waals surface area contributed by atoms with Crippen LogP contribution in [0, 0.1) is 5.82 Å². The molecular formula is C16H15ClFNO3S. The van der Waals surface area contributed by atoms with Gasteiger partial charge in [-0.15, -0.1) is 0 Å². The van der Waals surface area contributed by atoms with Crippen LogP contribution in [-0.4, -0.2) is 20.2 Å². The Morgan fingerprint density at radius 1 is 1.22 bits per heavy atom. The number of nitrogens with one attached hydrogen (secondary N) is 1. The molecule has 0 radical (unpaired) electrons. The molecule has 4 nitrogen and oxygen atoms in total. The van der Waals surface area contributed by atoms with Crippen LogP contribution in [0.25, 0.3) is 0 Å². The maximum absolute atomic E-state index is 12.8. The normalized spacial score (nSPS) is 12.8. The lowest BCUT2D eigenvalue weighted by atomic mass is 10.1. The quantitative estimate of drug-likeness (QED) is 0.807. The lowest BCUT2D eigenvalue weighted by Gasteiger charge is -2.14. The van der Waals surface area contributed by atoms with Gasteiger partial charge in [0.2, 0.25) is 10.0 Å². The third kappa shape index (κ3) is 4.86. The fraction of sp³-hybridized carbons (Fsp3) is 0.188. The summed E-state index contributed by atoms with van der Waals surface area (Å²) in [6, 6.07) is 10.4. The number of sulfonamides is 1. The average molecular weight is 356 g/mol. The van der Waals surface area contributed by atoms with Crippen molar-refractivity contribution in [1.82, 2.24) is 4.72 Å². The lowest BCUT2D eigenvalue weighted by molar-refractivity contribution is 0.0975. The van der Waals surface area contributed by atoms with Gasteiger partial charge in [-0.3, -0.25) is 4.79 Å². The molecule has 1 atom stereocenters. The molecule has 2 aromatic carbocycles. The molecule has 0 unspecified atom stereocenters. The first-order valence-corrected chi connectivity index (χ1v) is 8.71. The van der Waals surface area contributed by atoms with Gasteiger partial charge in [-0.05, 0) is 49.4 Å². The predicted molar refractivity (Wildman–Crippen MR) is 86.6 cm³/mol. The molecule has 0 saturated carbocycles. The van der Waals surface area contributed by atoms with E-state index < -0.39 is 21.9 Å². The number of halogens is 2. The van der Waals surface area contributed by atoms with E-state index >= 15 is 0 Å². The number of carbonyl (C=O) groups is 1. The summed E-state index contributed by atoms with van der Waals surface area (Å²) in [6.07, 6.45) is -0.0363. The molecule has 1 N–H and O–H groups in total. The van der Waals surface area contributed by atoms with Crippen molar-refractivity contribution < 1.29 is 17.6 Å². The predicted octanol–water partition coefficient (Wildman–Crippen LogP) is 3.42. The van der Waals surface area contributed by atoms with Crippen LogP contribution >= 0.6 is 11.6 Å². The van der Waals surface area contributed by atoms with E-state index in [9.17, 15) is 17.6 Å². The van der Waals surface area contributed by atoms with Gasteiger partial charge in [-0.1, -0.05) is 17.7 Å². The fourth-order valence-electron chi connectivity index (χ4n) is 2.04. The number of rotatable bonds is 6. The molecule has 23 heavy (non-hydrogen) atoms. The van der Waals surface area contributed by atoms with Crippen molar-refractivity contribution in [2.24, 2.45) is 0 Å². The zero-order chi connectivity index (χ0) is 17.0. The van der Waals surface area contributed by atoms with Crippen molar-refractivity contribution in [2.45, 2.75) is 24.3 Å². The first-order chi connectivity index (χ1) is 10.8. The molecule has 122 valence electrons. The van der Waals surface area contributed by atoms with E-state index in [2.05, 4.69) is 4.72 Å². The topological polar surface area (TPSA) is 63.2 Å². The largest absolute Gasteiger partial charge is 0.294 e. The standard InChI is InChI=1S/C16H15ClFNO3S/c1-11(9-16(20)12-5-7-14(18)8-6-12)19-23(21,22)15-4-2-3-13(17)10-15/h2-8,10-11,19H,9H2,1H3/t11-/m1/s1. The first kappa shape index (κ1) is 17.6. The Labute approximate surface area is 139 Å². The maximum atomic E-state index is 12.8. The Bertz CT molecular complexity index is 806. The van der Waals surface area contributed by atoms with Crippen LogP contribution in [0.3, 0.4) is 0 Å². The number of hydrogen-bond acceptors (Lipinski definition) is 3. The number of Topliss-reactive ketones (excluding diaryl/α,β-unsaturated/α-hetero) is 1. The molecule has 0 spiro atoms. The van der Waals surface area contributed by atoms with Crippen molar-refractivity contribution in [3.05, 3.63) is 64.9 Å². The number of benzene rings is 2. The lowest BCUT2D eigenvalue weighted by Crippen LogP contribution is -2.34. The van der Waals surface area contributed by atoms with E-state index in [1.807, 2.05) is 0 Å². The molecule has 2 aromatic rings. The van der Waals surface area contributed by atoms with Gasteiger partial charge >= 0.3 is 0 Å². The van der Waals surface area contributed by atoms with E-state index in [1.165, 1.54) is 42.5 Å². The van der Waals surface area contributed by atoms with Crippen LogP contribution in [0.1, 0.15) is 23.7 Å². The maximum Gasteiger partial charge on any atom is 0.240 e. The summed E-state index contributed by atoms with van der Waals surface area (Å²) < 4.78 is 39.7. The summed E-state index contributed by atoms with van der Waals surface area (Å²) >= 11 is 5.79. The van der Waals surface area contributed by atoms with Gasteiger partial charge < -0.3 is 0 Å². The summed E-state index contributed by atoms with van der Waals surface area (Å²) in [5.41, 5.74) is 0.334. The van der Waals surface area contributed by atoms with Crippen LogP contribution in [-0.2, 0) is 10.0 Å². The molecule has 0 amide bonds. The summed E-state index contributed by atoms with van der Waals surface area (Å²) in [4.78, 5) is 12.1. The van der Waals surface area contributed by atoms with Gasteiger partial charge in [0, 0.05) is 23.0 Å². The highest BCUT2D eigenvalue weighted by Crippen LogP contribution is 2.16. The van der Waals surface area contributed by atoms with Crippen LogP contribution in [0.4, 0.5) is 4.39 Å². The minimum atomic E-state index is -3.76. The van der Waals surface area contributed by atoms with Gasteiger partial charge in [0.15, 0.2) is 5.78 Å². The molecule has 0 bridgehead atoms. The number of ketones is 1. The van der Waals surface area contributed by atoms with E-state index in [1.54, 1.807) is 13.0 Å². The van der Waals surface area contributed by atoms with Gasteiger partial charge in [0.25, 0.3) is 0 Å². The molecule has 7 heteroatoms. The molecular weight excluding hydrogens is 341 g/mol. The molecule has 0 aliphatic heterocycles. The van der Waals surface area contributed by atoms with Gasteiger partial charge in [0.1, 0.15) is 5.82 Å². The summed E-state index contributed by atoms with van der Waals surface area (Å²) in [5.74, 6) is -0.706. The van der Waals surface area contributed by atoms with Crippen molar-refractivity contribution in [2.75, 3.05) is 0 Å². The van der Waals surface area contributed by atoms with E-state index in [4.69, 9.17) is 11.6 Å². The Morgan fingerprint density at radius 3 is 2.48 bits per heavy atom. The van der Waals surface area contributed by atoms with Crippen molar-refractivity contribution in [3.8, 4) is 0 Å². The summed E-state index contributed by atoms with van der Waals surface area (Å²) in [7, 11) is -3.76. The van der Waals surface area contributed by atoms with Gasteiger partial charge in [0.05, 0.1) is 4.90 Å². The number of hydrogen-bond donors (Lipinski definition) is 1. The Balaban J connectivity index is 2.05. The summed E-state index contributed by atoms with van der Waals surface area (Å²) in [5, 5.41) is 0.308. The minimum Gasteiger partial charge on any atom is -0.294 e. The monoisotopic (exact) mass is 355 g/mol. The zero-order valence-electron chi connectivity index (χ0n) is 12.3. The zero-order valence-corrected chi connectivity index (χ0v) is 13.9. The van der Waals surface area contributed by atoms with Gasteiger partial charge in [-0.2, -0.15) is 0 Å². The minimum absolute atomic E-state index is 0.0334. The van der Waals surface area contributed by atoms with Crippen LogP contribution in [0.5, 0.6) is 0 Å². The van der Waals surface area contributed by atoms with E-state index in [0.29, 0.717) is 10.6 Å². The van der Waals surface area contributed by atoms with Gasteiger partial charge in [-0.25, -0.2) is 17.5 Å². The highest BCUT2D eigenvalue weighted by atomic mass is 35.5. The second kappa shape index (κ2) is 7.21.